The molecule has 2 amide bonds. The molecule has 0 bridgehead atoms. The molecule has 0 atom stereocenters. The van der Waals surface area contributed by atoms with E-state index in [9.17, 15) is 14.4 Å². The van der Waals surface area contributed by atoms with E-state index in [1.54, 1.807) is 11.6 Å². The molecule has 0 fully saturated rings. The van der Waals surface area contributed by atoms with Crippen LogP contribution in [0.4, 0.5) is 5.69 Å². The van der Waals surface area contributed by atoms with Crippen molar-refractivity contribution in [3.05, 3.63) is 62.2 Å². The molecule has 0 radical (unpaired) electrons. The van der Waals surface area contributed by atoms with Crippen molar-refractivity contribution in [1.82, 2.24) is 19.5 Å². The summed E-state index contributed by atoms with van der Waals surface area (Å²) in [7, 11) is 1.60. The molecule has 8 heteroatoms. The standard InChI is InChI=1S/C22H27N5O3/c1-12-7-13(2)22(14(3)8-12)24-20(29)11-26(6)21(30)9-17-15(4)23-18-10-19(28)25-27(18)16(17)5/h7-8,10H,9,11H2,1-6H3,(H,24,29)(H,25,28). The summed E-state index contributed by atoms with van der Waals surface area (Å²) >= 11 is 0. The van der Waals surface area contributed by atoms with Gasteiger partial charge in [0.2, 0.25) is 11.8 Å². The predicted octanol–water partition coefficient (Wildman–Crippen LogP) is 2.20. The van der Waals surface area contributed by atoms with E-state index in [4.69, 9.17) is 0 Å². The van der Waals surface area contributed by atoms with Gasteiger partial charge in [0.1, 0.15) is 0 Å². The van der Waals surface area contributed by atoms with Gasteiger partial charge in [0.15, 0.2) is 5.65 Å². The van der Waals surface area contributed by atoms with Crippen LogP contribution in [-0.2, 0) is 16.0 Å². The lowest BCUT2D eigenvalue weighted by Gasteiger charge is -2.19. The van der Waals surface area contributed by atoms with Crippen molar-refractivity contribution in [2.75, 3.05) is 18.9 Å². The van der Waals surface area contributed by atoms with E-state index in [0.717, 1.165) is 33.6 Å². The molecule has 8 nitrogen and oxygen atoms in total. The number of fused-ring (bicyclic) bond motifs is 1. The molecule has 3 aromatic rings. The van der Waals surface area contributed by atoms with Gasteiger partial charge in [-0.1, -0.05) is 17.7 Å². The normalized spacial score (nSPS) is 11.0. The Balaban J connectivity index is 1.72. The molecule has 2 N–H and O–H groups in total. The van der Waals surface area contributed by atoms with Crippen LogP contribution in [-0.4, -0.2) is 44.9 Å². The third-order valence-electron chi connectivity index (χ3n) is 5.28. The highest BCUT2D eigenvalue weighted by Gasteiger charge is 2.19. The minimum Gasteiger partial charge on any atom is -0.336 e. The van der Waals surface area contributed by atoms with Crippen molar-refractivity contribution in [2.24, 2.45) is 0 Å². The molecule has 30 heavy (non-hydrogen) atoms. The smallest absolute Gasteiger partial charge is 0.266 e. The summed E-state index contributed by atoms with van der Waals surface area (Å²) in [6.07, 6.45) is 0.0905. The van der Waals surface area contributed by atoms with Gasteiger partial charge in [-0.2, -0.15) is 0 Å². The van der Waals surface area contributed by atoms with Gasteiger partial charge in [-0.15, -0.1) is 0 Å². The van der Waals surface area contributed by atoms with Crippen LogP contribution in [0.1, 0.15) is 33.6 Å². The highest BCUT2D eigenvalue weighted by Crippen LogP contribution is 2.22. The molecule has 3 rings (SSSR count). The number of rotatable bonds is 5. The first-order valence-corrected chi connectivity index (χ1v) is 9.76. The van der Waals surface area contributed by atoms with Crippen LogP contribution in [0.3, 0.4) is 0 Å². The zero-order valence-corrected chi connectivity index (χ0v) is 18.2. The first-order chi connectivity index (χ1) is 14.1. The number of aromatic amines is 1. The average Bonchev–Trinajstić information content (AvgIpc) is 3.01. The third kappa shape index (κ3) is 4.27. The quantitative estimate of drug-likeness (QED) is 0.675. The maximum absolute atomic E-state index is 12.8. The molecular formula is C22H27N5O3. The second kappa shape index (κ2) is 8.14. The molecule has 1 aromatic carbocycles. The number of hydrogen-bond donors (Lipinski definition) is 2. The minimum absolute atomic E-state index is 0.0558. The van der Waals surface area contributed by atoms with Gasteiger partial charge in [0, 0.05) is 35.8 Å². The van der Waals surface area contributed by atoms with E-state index in [1.807, 2.05) is 46.8 Å². The number of aromatic nitrogens is 3. The maximum Gasteiger partial charge on any atom is 0.266 e. The van der Waals surface area contributed by atoms with Crippen LogP contribution >= 0.6 is 0 Å². The summed E-state index contributed by atoms with van der Waals surface area (Å²) < 4.78 is 1.58. The van der Waals surface area contributed by atoms with Crippen LogP contribution in [0.2, 0.25) is 0 Å². The Kier molecular flexibility index (Phi) is 5.78. The summed E-state index contributed by atoms with van der Waals surface area (Å²) in [5.41, 5.74) is 6.33. The zero-order valence-electron chi connectivity index (χ0n) is 18.2. The SMILES string of the molecule is Cc1cc(C)c(NC(=O)CN(C)C(=O)Cc2c(C)nc3cc(=O)[nH]n3c2C)c(C)c1. The Morgan fingerprint density at radius 3 is 2.37 bits per heavy atom. The van der Waals surface area contributed by atoms with E-state index in [1.165, 1.54) is 11.0 Å². The van der Waals surface area contributed by atoms with Crippen molar-refractivity contribution in [2.45, 2.75) is 41.0 Å². The van der Waals surface area contributed by atoms with Crippen LogP contribution in [0, 0.1) is 34.6 Å². The van der Waals surface area contributed by atoms with Crippen LogP contribution < -0.4 is 10.9 Å². The molecule has 158 valence electrons. The number of likely N-dealkylation sites (N-methyl/N-ethyl adjacent to an activating group) is 1. The molecule has 0 spiro atoms. The van der Waals surface area contributed by atoms with Gasteiger partial charge in [-0.05, 0) is 45.7 Å². The summed E-state index contributed by atoms with van der Waals surface area (Å²) in [6.45, 7) is 9.49. The fourth-order valence-corrected chi connectivity index (χ4v) is 3.76. The Morgan fingerprint density at radius 1 is 1.10 bits per heavy atom. The second-order valence-electron chi connectivity index (χ2n) is 7.82. The predicted molar refractivity (Wildman–Crippen MR) is 116 cm³/mol. The van der Waals surface area contributed by atoms with E-state index >= 15 is 0 Å². The first-order valence-electron chi connectivity index (χ1n) is 9.76. The number of H-pyrrole nitrogens is 1. The van der Waals surface area contributed by atoms with E-state index < -0.39 is 0 Å². The number of nitrogens with zero attached hydrogens (tertiary/aromatic N) is 3. The van der Waals surface area contributed by atoms with Gasteiger partial charge in [-0.3, -0.25) is 19.5 Å². The minimum atomic E-state index is -0.252. The average molecular weight is 409 g/mol. The largest absolute Gasteiger partial charge is 0.336 e. The molecule has 0 aliphatic rings. The lowest BCUT2D eigenvalue weighted by atomic mass is 10.1. The number of aryl methyl sites for hydroxylation is 5. The second-order valence-corrected chi connectivity index (χ2v) is 7.82. The first kappa shape index (κ1) is 21.3. The highest BCUT2D eigenvalue weighted by atomic mass is 16.2. The fraction of sp³-hybridized carbons (Fsp3) is 0.364. The molecule has 0 aliphatic heterocycles. The summed E-state index contributed by atoms with van der Waals surface area (Å²) in [5.74, 6) is -0.456. The molecule has 0 unspecified atom stereocenters. The number of hydrogen-bond acceptors (Lipinski definition) is 4. The number of carbonyl (C=O) groups is 2. The Bertz CT molecular complexity index is 1180. The number of amides is 2. The molecule has 0 saturated carbocycles. The monoisotopic (exact) mass is 409 g/mol. The maximum atomic E-state index is 12.8. The summed E-state index contributed by atoms with van der Waals surface area (Å²) in [4.78, 5) is 42.7. The van der Waals surface area contributed by atoms with Crippen molar-refractivity contribution in [1.29, 1.82) is 0 Å². The number of benzene rings is 1. The van der Waals surface area contributed by atoms with E-state index in [-0.39, 0.29) is 30.3 Å². The van der Waals surface area contributed by atoms with Gasteiger partial charge < -0.3 is 10.2 Å². The van der Waals surface area contributed by atoms with E-state index in [0.29, 0.717) is 11.3 Å². The van der Waals surface area contributed by atoms with Crippen molar-refractivity contribution in [3.8, 4) is 0 Å². The topological polar surface area (TPSA) is 99.6 Å². The highest BCUT2D eigenvalue weighted by molar-refractivity contribution is 5.96. The number of anilines is 1. The van der Waals surface area contributed by atoms with Gasteiger partial charge in [0.05, 0.1) is 13.0 Å². The van der Waals surface area contributed by atoms with Gasteiger partial charge in [0.25, 0.3) is 5.56 Å². The summed E-state index contributed by atoms with van der Waals surface area (Å²) in [6, 6.07) is 5.44. The summed E-state index contributed by atoms with van der Waals surface area (Å²) in [5, 5.41) is 5.60. The number of carbonyl (C=O) groups excluding carboxylic acids is 2. The van der Waals surface area contributed by atoms with Crippen molar-refractivity contribution < 1.29 is 9.59 Å². The molecular weight excluding hydrogens is 382 g/mol. The van der Waals surface area contributed by atoms with Crippen molar-refractivity contribution in [3.63, 3.8) is 0 Å². The number of nitrogens with one attached hydrogen (secondary N) is 2. The Labute approximate surface area is 174 Å². The molecule has 2 heterocycles. The molecule has 0 saturated heterocycles. The lowest BCUT2D eigenvalue weighted by molar-refractivity contribution is -0.132. The Hall–Kier alpha value is -3.42. The van der Waals surface area contributed by atoms with Gasteiger partial charge >= 0.3 is 0 Å². The van der Waals surface area contributed by atoms with Crippen molar-refractivity contribution >= 4 is 23.1 Å². The van der Waals surface area contributed by atoms with Crippen LogP contribution in [0.25, 0.3) is 5.65 Å². The Morgan fingerprint density at radius 2 is 1.73 bits per heavy atom. The van der Waals surface area contributed by atoms with Crippen LogP contribution in [0.5, 0.6) is 0 Å². The fourth-order valence-electron chi connectivity index (χ4n) is 3.76. The lowest BCUT2D eigenvalue weighted by Crippen LogP contribution is -2.36. The van der Waals surface area contributed by atoms with Gasteiger partial charge in [-0.25, -0.2) is 9.50 Å². The zero-order chi connectivity index (χ0) is 22.2. The molecule has 0 aliphatic carbocycles. The third-order valence-corrected chi connectivity index (χ3v) is 5.28. The molecule has 2 aromatic heterocycles. The van der Waals surface area contributed by atoms with E-state index in [2.05, 4.69) is 15.4 Å². The van der Waals surface area contributed by atoms with Crippen LogP contribution in [0.15, 0.2) is 23.0 Å².